The van der Waals surface area contributed by atoms with Crippen molar-refractivity contribution in [3.8, 4) is 6.07 Å². The van der Waals surface area contributed by atoms with Gasteiger partial charge in [0.1, 0.15) is 16.5 Å². The maximum absolute atomic E-state index is 11.1. The van der Waals surface area contributed by atoms with Crippen LogP contribution in [0.25, 0.3) is 0 Å². The van der Waals surface area contributed by atoms with Gasteiger partial charge in [0.15, 0.2) is 0 Å². The highest BCUT2D eigenvalue weighted by Gasteiger charge is 2.13. The Morgan fingerprint density at radius 1 is 1.30 bits per heavy atom. The molecule has 2 rings (SSSR count). The van der Waals surface area contributed by atoms with Gasteiger partial charge in [0.25, 0.3) is 0 Å². The number of nitrogens with zero attached hydrogens (tertiary/aromatic N) is 2. The van der Waals surface area contributed by atoms with Crippen LogP contribution in [0.5, 0.6) is 0 Å². The van der Waals surface area contributed by atoms with Gasteiger partial charge in [-0.25, -0.2) is 9.78 Å². The van der Waals surface area contributed by atoms with Gasteiger partial charge < -0.3 is 10.4 Å². The monoisotopic (exact) mass is 307 g/mol. The van der Waals surface area contributed by atoms with E-state index in [1.54, 1.807) is 12.1 Å². The molecule has 2 aromatic rings. The van der Waals surface area contributed by atoms with Crippen molar-refractivity contribution in [1.29, 1.82) is 5.26 Å². The zero-order valence-corrected chi connectivity index (χ0v) is 11.4. The molecular weight excluding hydrogens is 301 g/mol. The predicted molar refractivity (Wildman–Crippen MR) is 75.7 cm³/mol. The molecule has 20 heavy (non-hydrogen) atoms. The van der Waals surface area contributed by atoms with Crippen molar-refractivity contribution >= 4 is 40.7 Å². The first-order valence-corrected chi connectivity index (χ1v) is 6.13. The fraction of sp³-hybridized carbons (Fsp3) is 0. The molecule has 5 nitrogen and oxygen atoms in total. The number of carbonyl (C=O) groups is 1. The highest BCUT2D eigenvalue weighted by Crippen LogP contribution is 2.28. The molecule has 0 radical (unpaired) electrons. The Hall–Kier alpha value is -2.29. The molecule has 0 aliphatic carbocycles. The first-order valence-electron chi connectivity index (χ1n) is 5.38. The van der Waals surface area contributed by atoms with Crippen molar-refractivity contribution < 1.29 is 9.90 Å². The lowest BCUT2D eigenvalue weighted by atomic mass is 10.2. The van der Waals surface area contributed by atoms with Crippen molar-refractivity contribution in [3.63, 3.8) is 0 Å². The maximum atomic E-state index is 11.1. The van der Waals surface area contributed by atoms with Crippen LogP contribution < -0.4 is 5.32 Å². The zero-order valence-electron chi connectivity index (χ0n) is 9.89. The van der Waals surface area contributed by atoms with Crippen molar-refractivity contribution in [2.45, 2.75) is 0 Å². The van der Waals surface area contributed by atoms with Gasteiger partial charge in [-0.15, -0.1) is 0 Å². The SMILES string of the molecule is N#Cc1ccc(Nc2nc(Cl)ccc2C(=O)O)c(Cl)c1. The lowest BCUT2D eigenvalue weighted by Crippen LogP contribution is -2.05. The summed E-state index contributed by atoms with van der Waals surface area (Å²) in [6, 6.07) is 9.27. The fourth-order valence-corrected chi connectivity index (χ4v) is 1.89. The van der Waals surface area contributed by atoms with Crippen LogP contribution in [-0.4, -0.2) is 16.1 Å². The molecule has 0 aliphatic rings. The van der Waals surface area contributed by atoms with Crippen molar-refractivity contribution in [1.82, 2.24) is 4.98 Å². The predicted octanol–water partition coefficient (Wildman–Crippen LogP) is 3.70. The van der Waals surface area contributed by atoms with Gasteiger partial charge in [0.2, 0.25) is 0 Å². The number of anilines is 2. The Kier molecular flexibility index (Phi) is 4.08. The van der Waals surface area contributed by atoms with Gasteiger partial charge in [-0.05, 0) is 30.3 Å². The second-order valence-corrected chi connectivity index (χ2v) is 4.56. The molecule has 0 bridgehead atoms. The molecular formula is C13H7Cl2N3O2. The summed E-state index contributed by atoms with van der Waals surface area (Å²) < 4.78 is 0. The highest BCUT2D eigenvalue weighted by atomic mass is 35.5. The summed E-state index contributed by atoms with van der Waals surface area (Å²) in [7, 11) is 0. The first-order chi connectivity index (χ1) is 9.51. The van der Waals surface area contributed by atoms with Crippen LogP contribution in [0, 0.1) is 11.3 Å². The summed E-state index contributed by atoms with van der Waals surface area (Å²) in [4.78, 5) is 15.0. The molecule has 2 N–H and O–H groups in total. The van der Waals surface area contributed by atoms with Crippen LogP contribution in [-0.2, 0) is 0 Å². The molecule has 0 aliphatic heterocycles. The van der Waals surface area contributed by atoms with E-state index in [4.69, 9.17) is 33.6 Å². The number of carboxylic acid groups (broad SMARTS) is 1. The summed E-state index contributed by atoms with van der Waals surface area (Å²) >= 11 is 11.8. The quantitative estimate of drug-likeness (QED) is 0.844. The number of hydrogen-bond acceptors (Lipinski definition) is 4. The third kappa shape index (κ3) is 2.99. The number of carboxylic acids is 1. The second-order valence-electron chi connectivity index (χ2n) is 3.77. The van der Waals surface area contributed by atoms with E-state index in [1.807, 2.05) is 6.07 Å². The van der Waals surface area contributed by atoms with E-state index in [0.717, 1.165) is 0 Å². The molecule has 7 heteroatoms. The number of aromatic nitrogens is 1. The molecule has 0 atom stereocenters. The minimum atomic E-state index is -1.14. The van der Waals surface area contributed by atoms with Gasteiger partial charge in [-0.3, -0.25) is 0 Å². The number of aromatic carboxylic acids is 1. The number of halogens is 2. The van der Waals surface area contributed by atoms with Crippen molar-refractivity contribution in [2.75, 3.05) is 5.32 Å². The summed E-state index contributed by atoms with van der Waals surface area (Å²) in [5.74, 6) is -1.06. The third-order valence-electron chi connectivity index (χ3n) is 2.44. The zero-order chi connectivity index (χ0) is 14.7. The van der Waals surface area contributed by atoms with Gasteiger partial charge in [0.05, 0.1) is 22.3 Å². The summed E-state index contributed by atoms with van der Waals surface area (Å²) in [6.45, 7) is 0. The van der Waals surface area contributed by atoms with Crippen molar-refractivity contribution in [2.24, 2.45) is 0 Å². The normalized spacial score (nSPS) is 9.85. The number of rotatable bonds is 3. The lowest BCUT2D eigenvalue weighted by Gasteiger charge is -2.10. The van der Waals surface area contributed by atoms with Gasteiger partial charge in [-0.2, -0.15) is 5.26 Å². The van der Waals surface area contributed by atoms with Gasteiger partial charge in [0, 0.05) is 0 Å². The maximum Gasteiger partial charge on any atom is 0.339 e. The smallest absolute Gasteiger partial charge is 0.339 e. The van der Waals surface area contributed by atoms with Crippen LogP contribution in [0.4, 0.5) is 11.5 Å². The molecule has 0 unspecified atom stereocenters. The number of nitrogens with one attached hydrogen (secondary N) is 1. The molecule has 0 amide bonds. The van der Waals surface area contributed by atoms with Gasteiger partial charge >= 0.3 is 5.97 Å². The Bertz CT molecular complexity index is 726. The molecule has 0 saturated heterocycles. The molecule has 0 fully saturated rings. The van der Waals surface area contributed by atoms with E-state index in [1.165, 1.54) is 18.2 Å². The highest BCUT2D eigenvalue weighted by molar-refractivity contribution is 6.33. The van der Waals surface area contributed by atoms with E-state index in [-0.39, 0.29) is 21.6 Å². The van der Waals surface area contributed by atoms with Crippen LogP contribution in [0.3, 0.4) is 0 Å². The molecule has 100 valence electrons. The fourth-order valence-electron chi connectivity index (χ4n) is 1.52. The van der Waals surface area contributed by atoms with Gasteiger partial charge in [-0.1, -0.05) is 23.2 Å². The minimum absolute atomic E-state index is 0.0326. The standard InChI is InChI=1S/C13H7Cl2N3O2/c14-9-5-7(6-16)1-3-10(9)17-12-8(13(19)20)2-4-11(15)18-12/h1-5H,(H,17,18)(H,19,20). The molecule has 1 aromatic carbocycles. The minimum Gasteiger partial charge on any atom is -0.478 e. The van der Waals surface area contributed by atoms with E-state index in [0.29, 0.717) is 11.3 Å². The number of hydrogen-bond donors (Lipinski definition) is 2. The Balaban J connectivity index is 2.42. The Labute approximate surface area is 124 Å². The topological polar surface area (TPSA) is 86.0 Å². The first kappa shape index (κ1) is 14.1. The van der Waals surface area contributed by atoms with E-state index < -0.39 is 5.97 Å². The van der Waals surface area contributed by atoms with E-state index in [9.17, 15) is 4.79 Å². The number of pyridine rings is 1. The Morgan fingerprint density at radius 2 is 2.05 bits per heavy atom. The molecule has 1 aromatic heterocycles. The summed E-state index contributed by atoms with van der Waals surface area (Å²) in [5.41, 5.74) is 0.802. The largest absolute Gasteiger partial charge is 0.478 e. The van der Waals surface area contributed by atoms with Crippen molar-refractivity contribution in [3.05, 3.63) is 51.6 Å². The summed E-state index contributed by atoms with van der Waals surface area (Å²) in [6.07, 6.45) is 0. The molecule has 1 heterocycles. The molecule has 0 spiro atoms. The van der Waals surface area contributed by atoms with Crippen LogP contribution in [0.15, 0.2) is 30.3 Å². The number of nitriles is 1. The van der Waals surface area contributed by atoms with Crippen LogP contribution in [0.2, 0.25) is 10.2 Å². The average molecular weight is 308 g/mol. The average Bonchev–Trinajstić information content (AvgIpc) is 2.40. The molecule has 0 saturated carbocycles. The van der Waals surface area contributed by atoms with E-state index in [2.05, 4.69) is 10.3 Å². The Morgan fingerprint density at radius 3 is 2.65 bits per heavy atom. The third-order valence-corrected chi connectivity index (χ3v) is 2.97. The lowest BCUT2D eigenvalue weighted by molar-refractivity contribution is 0.0697. The van der Waals surface area contributed by atoms with Crippen LogP contribution >= 0.6 is 23.2 Å². The van der Waals surface area contributed by atoms with Crippen LogP contribution in [0.1, 0.15) is 15.9 Å². The second kappa shape index (κ2) is 5.78. The summed E-state index contributed by atoms with van der Waals surface area (Å²) in [5, 5.41) is 21.1. The van der Waals surface area contributed by atoms with E-state index >= 15 is 0 Å². The number of benzene rings is 1.